The van der Waals surface area contributed by atoms with Crippen molar-refractivity contribution in [2.75, 3.05) is 0 Å². The number of nitrogens with zero attached hydrogens (tertiary/aromatic N) is 3. The molecule has 0 spiro atoms. The number of nitrogens with one attached hydrogen (secondary N) is 1. The molecule has 0 unspecified atom stereocenters. The molecule has 1 aromatic heterocycles. The molecule has 11 heavy (non-hydrogen) atoms. The van der Waals surface area contributed by atoms with E-state index in [0.29, 0.717) is 0 Å². The minimum absolute atomic E-state index is 0.0216. The Labute approximate surface area is 66.2 Å². The summed E-state index contributed by atoms with van der Waals surface area (Å²) >= 11 is 4.57. The van der Waals surface area contributed by atoms with E-state index >= 15 is 0 Å². The third kappa shape index (κ3) is 2.51. The van der Waals surface area contributed by atoms with Gasteiger partial charge in [0.05, 0.1) is 0 Å². The Balaban J connectivity index is 2.89. The van der Waals surface area contributed by atoms with Crippen LogP contribution in [0.5, 0.6) is 0 Å². The van der Waals surface area contributed by atoms with Crippen LogP contribution in [0.3, 0.4) is 0 Å². The van der Waals surface area contributed by atoms with Gasteiger partial charge in [-0.3, -0.25) is 4.57 Å². The second-order valence-corrected chi connectivity index (χ2v) is 3.79. The molecule has 0 aliphatic heterocycles. The monoisotopic (exact) mass is 196 g/mol. The number of hydrogen-bond acceptors (Lipinski definition) is 4. The minimum atomic E-state index is -4.10. The van der Waals surface area contributed by atoms with Crippen molar-refractivity contribution in [3.8, 4) is 0 Å². The van der Waals surface area contributed by atoms with Crippen molar-refractivity contribution in [3.05, 3.63) is 4.77 Å². The fraction of sp³-hybridized carbons (Fsp3) is 0.500. The number of H-pyrrole nitrogens is 1. The number of aromatic nitrogens is 4. The fourth-order valence-electron chi connectivity index (χ4n) is 0.492. The lowest BCUT2D eigenvalue weighted by Gasteiger charge is -2.01. The Hall–Kier alpha value is -0.560. The van der Waals surface area contributed by atoms with Crippen LogP contribution in [-0.4, -0.2) is 30.0 Å². The van der Waals surface area contributed by atoms with Crippen molar-refractivity contribution in [3.63, 3.8) is 0 Å². The third-order valence-electron chi connectivity index (χ3n) is 0.858. The zero-order valence-electron chi connectivity index (χ0n) is 5.21. The highest BCUT2D eigenvalue weighted by Crippen LogP contribution is 2.35. The lowest BCUT2D eigenvalue weighted by Crippen LogP contribution is -2.00. The molecule has 1 aromatic rings. The summed E-state index contributed by atoms with van der Waals surface area (Å²) in [5.41, 5.74) is 0. The van der Waals surface area contributed by atoms with Gasteiger partial charge in [-0.1, -0.05) is 10.3 Å². The first-order valence-corrected chi connectivity index (χ1v) is 4.72. The van der Waals surface area contributed by atoms with E-state index < -0.39 is 13.9 Å². The average molecular weight is 196 g/mol. The van der Waals surface area contributed by atoms with Gasteiger partial charge in [0.1, 0.15) is 6.29 Å². The molecule has 0 saturated heterocycles. The first-order chi connectivity index (χ1) is 4.99. The highest BCUT2D eigenvalue weighted by atomic mass is 32.1. The SMILES string of the molecule is O=P(O)(O)Cn1[nH]nnc1=S. The summed E-state index contributed by atoms with van der Waals surface area (Å²) in [6.07, 6.45) is -0.515. The van der Waals surface area contributed by atoms with Gasteiger partial charge >= 0.3 is 7.60 Å². The van der Waals surface area contributed by atoms with Crippen LogP contribution in [0.4, 0.5) is 0 Å². The molecular formula is C2H5N4O3PS. The van der Waals surface area contributed by atoms with E-state index in [1.54, 1.807) is 0 Å². The molecule has 0 atom stereocenters. The van der Waals surface area contributed by atoms with E-state index in [0.717, 1.165) is 4.68 Å². The number of rotatable bonds is 2. The van der Waals surface area contributed by atoms with Crippen molar-refractivity contribution in [1.82, 2.24) is 20.2 Å². The molecule has 0 aliphatic rings. The summed E-state index contributed by atoms with van der Waals surface area (Å²) in [5.74, 6) is 0. The number of aromatic amines is 1. The van der Waals surface area contributed by atoms with Crippen LogP contribution in [0.2, 0.25) is 0 Å². The first kappa shape index (κ1) is 8.54. The van der Waals surface area contributed by atoms with Gasteiger partial charge < -0.3 is 9.79 Å². The molecule has 62 valence electrons. The van der Waals surface area contributed by atoms with E-state index in [1.165, 1.54) is 0 Å². The molecule has 1 heterocycles. The summed E-state index contributed by atoms with van der Waals surface area (Å²) < 4.78 is 11.4. The van der Waals surface area contributed by atoms with Gasteiger partial charge in [0.25, 0.3) is 0 Å². The zero-order valence-corrected chi connectivity index (χ0v) is 6.92. The highest BCUT2D eigenvalue weighted by Gasteiger charge is 2.14. The molecule has 0 aromatic carbocycles. The number of hydrogen-bond donors (Lipinski definition) is 3. The lowest BCUT2D eigenvalue weighted by molar-refractivity contribution is 0.357. The maximum atomic E-state index is 10.4. The van der Waals surface area contributed by atoms with Crippen LogP contribution in [0.1, 0.15) is 0 Å². The van der Waals surface area contributed by atoms with Gasteiger partial charge in [0.15, 0.2) is 0 Å². The van der Waals surface area contributed by atoms with Gasteiger partial charge in [-0.2, -0.15) is 5.21 Å². The van der Waals surface area contributed by atoms with Gasteiger partial charge in [0, 0.05) is 0 Å². The van der Waals surface area contributed by atoms with Gasteiger partial charge in [-0.25, -0.2) is 4.68 Å². The predicted octanol–water partition coefficient (Wildman–Crippen LogP) is -0.529. The van der Waals surface area contributed by atoms with E-state index in [2.05, 4.69) is 27.7 Å². The molecule has 7 nitrogen and oxygen atoms in total. The van der Waals surface area contributed by atoms with Crippen molar-refractivity contribution >= 4 is 19.8 Å². The summed E-state index contributed by atoms with van der Waals surface area (Å²) in [4.78, 5) is 17.0. The fourth-order valence-corrected chi connectivity index (χ4v) is 1.30. The summed E-state index contributed by atoms with van der Waals surface area (Å²) in [7, 11) is -4.10. The second kappa shape index (κ2) is 2.82. The van der Waals surface area contributed by atoms with Crippen molar-refractivity contribution in [2.24, 2.45) is 0 Å². The third-order valence-corrected chi connectivity index (χ3v) is 1.81. The molecule has 0 saturated carbocycles. The molecule has 1 rings (SSSR count). The standard InChI is InChI=1S/C2H5N4O3PS/c7-10(8,9)1-6-2(11)3-4-5-6/h1H2,(H,3,5,11)(H2,7,8,9). The molecule has 9 heteroatoms. The van der Waals surface area contributed by atoms with E-state index in [1.807, 2.05) is 0 Å². The smallest absolute Gasteiger partial charge is 0.323 e. The molecular weight excluding hydrogens is 191 g/mol. The lowest BCUT2D eigenvalue weighted by atomic mass is 11.2. The van der Waals surface area contributed by atoms with E-state index in [9.17, 15) is 4.57 Å². The summed E-state index contributed by atoms with van der Waals surface area (Å²) in [6, 6.07) is 0. The van der Waals surface area contributed by atoms with E-state index in [4.69, 9.17) is 9.79 Å². The van der Waals surface area contributed by atoms with Gasteiger partial charge in [-0.05, 0) is 12.2 Å². The van der Waals surface area contributed by atoms with Gasteiger partial charge in [0.2, 0.25) is 4.77 Å². The highest BCUT2D eigenvalue weighted by molar-refractivity contribution is 7.71. The summed E-state index contributed by atoms with van der Waals surface area (Å²) in [5, 5.41) is 8.80. The zero-order chi connectivity index (χ0) is 8.48. The topological polar surface area (TPSA) is 104 Å². The Bertz CT molecular complexity index is 337. The Morgan fingerprint density at radius 2 is 2.36 bits per heavy atom. The Morgan fingerprint density at radius 3 is 2.73 bits per heavy atom. The molecule has 3 N–H and O–H groups in total. The average Bonchev–Trinajstić information content (AvgIpc) is 2.12. The van der Waals surface area contributed by atoms with Crippen molar-refractivity contribution < 1.29 is 14.4 Å². The maximum Gasteiger partial charge on any atom is 0.346 e. The van der Waals surface area contributed by atoms with Crippen molar-refractivity contribution in [1.29, 1.82) is 0 Å². The molecule has 0 fully saturated rings. The second-order valence-electron chi connectivity index (χ2n) is 1.82. The molecule has 0 aliphatic carbocycles. The van der Waals surface area contributed by atoms with Gasteiger partial charge in [-0.15, -0.1) is 0 Å². The Kier molecular flexibility index (Phi) is 2.19. The largest absolute Gasteiger partial charge is 0.346 e. The maximum absolute atomic E-state index is 10.4. The molecule has 0 amide bonds. The molecule has 0 bridgehead atoms. The van der Waals surface area contributed by atoms with E-state index in [-0.39, 0.29) is 4.77 Å². The summed E-state index contributed by atoms with van der Waals surface area (Å²) in [6.45, 7) is 0. The van der Waals surface area contributed by atoms with Crippen LogP contribution in [0, 0.1) is 4.77 Å². The van der Waals surface area contributed by atoms with Crippen LogP contribution in [-0.2, 0) is 10.9 Å². The van der Waals surface area contributed by atoms with Crippen LogP contribution >= 0.6 is 19.8 Å². The van der Waals surface area contributed by atoms with Crippen LogP contribution in [0.25, 0.3) is 0 Å². The predicted molar refractivity (Wildman–Crippen MR) is 37.3 cm³/mol. The minimum Gasteiger partial charge on any atom is -0.323 e. The van der Waals surface area contributed by atoms with Crippen LogP contribution < -0.4 is 0 Å². The first-order valence-electron chi connectivity index (χ1n) is 2.51. The normalized spacial score (nSPS) is 11.8. The molecule has 0 radical (unpaired) electrons. The Morgan fingerprint density at radius 1 is 1.73 bits per heavy atom. The van der Waals surface area contributed by atoms with Crippen molar-refractivity contribution in [2.45, 2.75) is 6.29 Å². The quantitative estimate of drug-likeness (QED) is 0.434. The van der Waals surface area contributed by atoms with Crippen LogP contribution in [0.15, 0.2) is 0 Å². The number of tetrazole rings is 1.